The smallest absolute Gasteiger partial charge is 0.279 e. The Labute approximate surface area is 188 Å². The molecule has 3 aromatic carbocycles. The second-order valence-corrected chi connectivity index (χ2v) is 7.70. The molecule has 1 unspecified atom stereocenters. The largest absolute Gasteiger partial charge is 0.484 e. The van der Waals surface area contributed by atoms with E-state index < -0.39 is 17.9 Å². The Bertz CT molecular complexity index is 1020. The van der Waals surface area contributed by atoms with Gasteiger partial charge in [0, 0.05) is 0 Å². The average molecular weight is 433 g/mol. The summed E-state index contributed by atoms with van der Waals surface area (Å²) in [6.07, 6.45) is -0.772. The highest BCUT2D eigenvalue weighted by Gasteiger charge is 2.15. The molecule has 0 bridgehead atoms. The molecule has 0 heterocycles. The SMILES string of the molecule is CC(Oc1ccc(C(C)C)cc1)C(=O)NNC(=O)COc1ccc(-c2ccccc2)cc1. The van der Waals surface area contributed by atoms with Crippen molar-refractivity contribution in [2.24, 2.45) is 0 Å². The van der Waals surface area contributed by atoms with Crippen molar-refractivity contribution >= 4 is 11.8 Å². The summed E-state index contributed by atoms with van der Waals surface area (Å²) in [6.45, 7) is 5.61. The summed E-state index contributed by atoms with van der Waals surface area (Å²) in [5, 5.41) is 0. The van der Waals surface area contributed by atoms with Crippen molar-refractivity contribution < 1.29 is 19.1 Å². The molecule has 0 saturated carbocycles. The molecule has 0 saturated heterocycles. The summed E-state index contributed by atoms with van der Waals surface area (Å²) in [7, 11) is 0. The maximum atomic E-state index is 12.2. The van der Waals surface area contributed by atoms with Crippen molar-refractivity contribution in [2.45, 2.75) is 32.8 Å². The van der Waals surface area contributed by atoms with Gasteiger partial charge in [0.05, 0.1) is 0 Å². The minimum atomic E-state index is -0.772. The highest BCUT2D eigenvalue weighted by atomic mass is 16.5. The number of carbonyl (C=O) groups is 2. The van der Waals surface area contributed by atoms with Gasteiger partial charge in [-0.15, -0.1) is 0 Å². The molecule has 32 heavy (non-hydrogen) atoms. The summed E-state index contributed by atoms with van der Waals surface area (Å²) >= 11 is 0. The molecule has 3 aromatic rings. The van der Waals surface area contributed by atoms with Crippen LogP contribution in [0.25, 0.3) is 11.1 Å². The van der Waals surface area contributed by atoms with Crippen LogP contribution in [-0.2, 0) is 9.59 Å². The van der Waals surface area contributed by atoms with Gasteiger partial charge in [-0.3, -0.25) is 20.4 Å². The molecule has 3 rings (SSSR count). The maximum absolute atomic E-state index is 12.2. The predicted octanol–water partition coefficient (Wildman–Crippen LogP) is 4.47. The van der Waals surface area contributed by atoms with E-state index in [0.717, 1.165) is 11.1 Å². The Morgan fingerprint density at radius 3 is 1.97 bits per heavy atom. The molecule has 0 radical (unpaired) electrons. The molecule has 166 valence electrons. The van der Waals surface area contributed by atoms with Crippen LogP contribution < -0.4 is 20.3 Å². The van der Waals surface area contributed by atoms with Crippen LogP contribution in [-0.4, -0.2) is 24.5 Å². The number of benzene rings is 3. The van der Waals surface area contributed by atoms with Crippen LogP contribution in [0.5, 0.6) is 11.5 Å². The minimum Gasteiger partial charge on any atom is -0.484 e. The molecule has 0 aliphatic heterocycles. The molecule has 1 atom stereocenters. The number of hydrogen-bond donors (Lipinski definition) is 2. The topological polar surface area (TPSA) is 76.7 Å². The number of rotatable bonds is 8. The number of hydrazine groups is 1. The summed E-state index contributed by atoms with van der Waals surface area (Å²) in [5.41, 5.74) is 8.05. The van der Waals surface area contributed by atoms with Gasteiger partial charge in [-0.25, -0.2) is 0 Å². The summed E-state index contributed by atoms with van der Waals surface area (Å²) in [6, 6.07) is 25.0. The molecular weight excluding hydrogens is 404 g/mol. The number of ether oxygens (including phenoxy) is 2. The first-order valence-electron chi connectivity index (χ1n) is 10.6. The Morgan fingerprint density at radius 1 is 0.750 bits per heavy atom. The molecule has 2 N–H and O–H groups in total. The van der Waals surface area contributed by atoms with E-state index in [1.165, 1.54) is 5.56 Å². The highest BCUT2D eigenvalue weighted by Crippen LogP contribution is 2.22. The van der Waals surface area contributed by atoms with Gasteiger partial charge in [-0.1, -0.05) is 68.4 Å². The molecule has 6 heteroatoms. The Hall–Kier alpha value is -3.80. The second-order valence-electron chi connectivity index (χ2n) is 7.70. The average Bonchev–Trinajstić information content (AvgIpc) is 2.82. The molecule has 0 spiro atoms. The first-order chi connectivity index (χ1) is 15.4. The fourth-order valence-electron chi connectivity index (χ4n) is 2.98. The van der Waals surface area contributed by atoms with Gasteiger partial charge >= 0.3 is 0 Å². The van der Waals surface area contributed by atoms with Crippen LogP contribution in [0, 0.1) is 0 Å². The Balaban J connectivity index is 1.40. The van der Waals surface area contributed by atoms with Gasteiger partial charge in [0.2, 0.25) is 0 Å². The zero-order valence-corrected chi connectivity index (χ0v) is 18.5. The third-order valence-electron chi connectivity index (χ3n) is 4.89. The van der Waals surface area contributed by atoms with Crippen LogP contribution in [0.3, 0.4) is 0 Å². The standard InChI is InChI=1S/C26H28N2O4/c1-18(2)20-9-15-24(16-10-20)32-19(3)26(30)28-27-25(29)17-31-23-13-11-22(12-14-23)21-7-5-4-6-8-21/h4-16,18-19H,17H2,1-3H3,(H,27,29)(H,28,30). The number of amides is 2. The monoisotopic (exact) mass is 432 g/mol. The van der Waals surface area contributed by atoms with E-state index in [9.17, 15) is 9.59 Å². The van der Waals surface area contributed by atoms with E-state index >= 15 is 0 Å². The Morgan fingerprint density at radius 2 is 1.34 bits per heavy atom. The van der Waals surface area contributed by atoms with Gasteiger partial charge in [0.25, 0.3) is 11.8 Å². The summed E-state index contributed by atoms with van der Waals surface area (Å²) < 4.78 is 11.1. The number of carbonyl (C=O) groups excluding carboxylic acids is 2. The molecule has 0 aromatic heterocycles. The second kappa shape index (κ2) is 11.0. The van der Waals surface area contributed by atoms with Crippen molar-refractivity contribution in [3.8, 4) is 22.6 Å². The van der Waals surface area contributed by atoms with Crippen LogP contribution >= 0.6 is 0 Å². The molecule has 6 nitrogen and oxygen atoms in total. The van der Waals surface area contributed by atoms with Gasteiger partial charge in [0.1, 0.15) is 11.5 Å². The van der Waals surface area contributed by atoms with Gasteiger partial charge < -0.3 is 9.47 Å². The minimum absolute atomic E-state index is 0.225. The molecule has 2 amide bonds. The lowest BCUT2D eigenvalue weighted by molar-refractivity contribution is -0.133. The zero-order valence-electron chi connectivity index (χ0n) is 18.5. The summed E-state index contributed by atoms with van der Waals surface area (Å²) in [5.74, 6) is 0.639. The van der Waals surface area contributed by atoms with Crippen molar-refractivity contribution in [3.05, 3.63) is 84.4 Å². The summed E-state index contributed by atoms with van der Waals surface area (Å²) in [4.78, 5) is 24.2. The van der Waals surface area contributed by atoms with E-state index in [0.29, 0.717) is 17.4 Å². The fourth-order valence-corrected chi connectivity index (χ4v) is 2.98. The molecule has 0 aliphatic rings. The Kier molecular flexibility index (Phi) is 7.86. The van der Waals surface area contributed by atoms with Crippen molar-refractivity contribution in [1.29, 1.82) is 0 Å². The predicted molar refractivity (Wildman–Crippen MR) is 124 cm³/mol. The van der Waals surface area contributed by atoms with Crippen molar-refractivity contribution in [3.63, 3.8) is 0 Å². The third-order valence-corrected chi connectivity index (χ3v) is 4.89. The molecule has 0 fully saturated rings. The van der Waals surface area contributed by atoms with E-state index in [1.807, 2.05) is 66.7 Å². The van der Waals surface area contributed by atoms with Gasteiger partial charge in [-0.05, 0) is 53.8 Å². The first kappa shape index (κ1) is 22.9. The number of nitrogens with one attached hydrogen (secondary N) is 2. The first-order valence-corrected chi connectivity index (χ1v) is 10.6. The van der Waals surface area contributed by atoms with Gasteiger partial charge in [-0.2, -0.15) is 0 Å². The van der Waals surface area contributed by atoms with Crippen molar-refractivity contribution in [2.75, 3.05) is 6.61 Å². The van der Waals surface area contributed by atoms with E-state index in [1.54, 1.807) is 19.1 Å². The lowest BCUT2D eigenvalue weighted by Crippen LogP contribution is -2.48. The zero-order chi connectivity index (χ0) is 22.9. The van der Waals surface area contributed by atoms with Crippen molar-refractivity contribution in [1.82, 2.24) is 10.9 Å². The fraction of sp³-hybridized carbons (Fsp3) is 0.231. The van der Waals surface area contributed by atoms with Crippen LogP contribution in [0.15, 0.2) is 78.9 Å². The molecular formula is C26H28N2O4. The van der Waals surface area contributed by atoms with Crippen LogP contribution in [0.2, 0.25) is 0 Å². The quantitative estimate of drug-likeness (QED) is 0.515. The number of hydrogen-bond acceptors (Lipinski definition) is 4. The normalized spacial score (nSPS) is 11.5. The third kappa shape index (κ3) is 6.60. The van der Waals surface area contributed by atoms with Crippen LogP contribution in [0.1, 0.15) is 32.3 Å². The lowest BCUT2D eigenvalue weighted by Gasteiger charge is -2.16. The highest BCUT2D eigenvalue weighted by molar-refractivity contribution is 5.85. The van der Waals surface area contributed by atoms with E-state index in [2.05, 4.69) is 24.7 Å². The maximum Gasteiger partial charge on any atom is 0.279 e. The van der Waals surface area contributed by atoms with E-state index in [4.69, 9.17) is 9.47 Å². The molecule has 0 aliphatic carbocycles. The van der Waals surface area contributed by atoms with Crippen LogP contribution in [0.4, 0.5) is 0 Å². The lowest BCUT2D eigenvalue weighted by atomic mass is 10.0. The van der Waals surface area contributed by atoms with E-state index in [-0.39, 0.29) is 6.61 Å². The van der Waals surface area contributed by atoms with Gasteiger partial charge in [0.15, 0.2) is 12.7 Å².